The van der Waals surface area contributed by atoms with Gasteiger partial charge in [-0.05, 0) is 62.6 Å². The summed E-state index contributed by atoms with van der Waals surface area (Å²) >= 11 is 0. The summed E-state index contributed by atoms with van der Waals surface area (Å²) < 4.78 is 39.1. The van der Waals surface area contributed by atoms with Gasteiger partial charge in [-0.25, -0.2) is 12.8 Å². The van der Waals surface area contributed by atoms with E-state index in [0.29, 0.717) is 5.69 Å². The van der Waals surface area contributed by atoms with Crippen LogP contribution in [0.25, 0.3) is 0 Å². The Labute approximate surface area is 160 Å². The number of nitrogens with one attached hydrogen (secondary N) is 1. The van der Waals surface area contributed by atoms with Crippen LogP contribution in [0.15, 0.2) is 36.4 Å². The molecule has 2 aromatic rings. The third-order valence-corrected chi connectivity index (χ3v) is 5.52. The van der Waals surface area contributed by atoms with Crippen molar-refractivity contribution in [3.05, 3.63) is 58.9 Å². The minimum atomic E-state index is -3.76. The van der Waals surface area contributed by atoms with E-state index >= 15 is 0 Å². The summed E-state index contributed by atoms with van der Waals surface area (Å²) in [6.07, 6.45) is 1.30. The van der Waals surface area contributed by atoms with Gasteiger partial charge in [-0.15, -0.1) is 0 Å². The number of benzene rings is 2. The number of halogens is 1. The molecule has 1 atom stereocenters. The van der Waals surface area contributed by atoms with E-state index < -0.39 is 27.8 Å². The van der Waals surface area contributed by atoms with Crippen LogP contribution in [0, 0.1) is 26.6 Å². The van der Waals surface area contributed by atoms with Gasteiger partial charge in [-0.3, -0.25) is 9.10 Å². The number of nitrogens with zero attached hydrogens (tertiary/aromatic N) is 1. The largest absolute Gasteiger partial charge is 0.324 e. The van der Waals surface area contributed by atoms with Crippen molar-refractivity contribution in [3.8, 4) is 0 Å². The van der Waals surface area contributed by atoms with Crippen LogP contribution in [0.2, 0.25) is 0 Å². The topological polar surface area (TPSA) is 66.5 Å². The predicted octanol–water partition coefficient (Wildman–Crippen LogP) is 3.93. The summed E-state index contributed by atoms with van der Waals surface area (Å²) in [6.45, 7) is 7.50. The summed E-state index contributed by atoms with van der Waals surface area (Å²) in [5.74, 6) is -0.905. The Morgan fingerprint density at radius 2 is 1.63 bits per heavy atom. The Bertz CT molecular complexity index is 917. The van der Waals surface area contributed by atoms with Crippen molar-refractivity contribution in [2.45, 2.75) is 40.2 Å². The highest BCUT2D eigenvalue weighted by atomic mass is 32.2. The first kappa shape index (κ1) is 20.9. The van der Waals surface area contributed by atoms with Crippen LogP contribution >= 0.6 is 0 Å². The second-order valence-electron chi connectivity index (χ2n) is 6.72. The first-order chi connectivity index (χ1) is 12.5. The Balaban J connectivity index is 2.42. The summed E-state index contributed by atoms with van der Waals surface area (Å²) in [6, 6.07) is 8.02. The van der Waals surface area contributed by atoms with Crippen molar-refractivity contribution < 1.29 is 17.6 Å². The van der Waals surface area contributed by atoms with E-state index in [1.165, 1.54) is 24.3 Å². The number of carbonyl (C=O) groups is 1. The smallest absolute Gasteiger partial charge is 0.248 e. The quantitative estimate of drug-likeness (QED) is 0.810. The minimum absolute atomic E-state index is 0.248. The van der Waals surface area contributed by atoms with Gasteiger partial charge in [-0.1, -0.05) is 24.6 Å². The Morgan fingerprint density at radius 3 is 2.07 bits per heavy atom. The van der Waals surface area contributed by atoms with Gasteiger partial charge in [0.1, 0.15) is 11.9 Å². The van der Waals surface area contributed by atoms with Crippen LogP contribution in [0.5, 0.6) is 0 Å². The second-order valence-corrected chi connectivity index (χ2v) is 8.58. The standard InChI is InChI=1S/C20H25FN2O3S/c1-6-18(20(24)22-19-14(3)11-13(2)12-15(19)4)23(27(5,25)26)17-9-7-16(21)8-10-17/h7-12,18H,6H2,1-5H3,(H,22,24)/t18-/m0/s1. The lowest BCUT2D eigenvalue weighted by Crippen LogP contribution is -2.47. The Morgan fingerprint density at radius 1 is 1.11 bits per heavy atom. The van der Waals surface area contributed by atoms with Gasteiger partial charge in [0, 0.05) is 5.69 Å². The number of rotatable bonds is 6. The van der Waals surface area contributed by atoms with Gasteiger partial charge in [0.05, 0.1) is 11.9 Å². The van der Waals surface area contributed by atoms with Crippen molar-refractivity contribution in [2.24, 2.45) is 0 Å². The maximum absolute atomic E-state index is 13.2. The molecule has 2 rings (SSSR count). The van der Waals surface area contributed by atoms with E-state index in [0.717, 1.165) is 27.3 Å². The third-order valence-electron chi connectivity index (χ3n) is 4.34. The highest BCUT2D eigenvalue weighted by Crippen LogP contribution is 2.26. The summed E-state index contributed by atoms with van der Waals surface area (Å²) in [5, 5.41) is 2.87. The number of hydrogen-bond donors (Lipinski definition) is 1. The number of aryl methyl sites for hydroxylation is 3. The molecule has 1 N–H and O–H groups in total. The second kappa shape index (κ2) is 8.08. The molecule has 0 spiro atoms. The molecule has 2 aromatic carbocycles. The van der Waals surface area contributed by atoms with Gasteiger partial charge in [-0.2, -0.15) is 0 Å². The fourth-order valence-electron chi connectivity index (χ4n) is 3.23. The molecule has 0 aromatic heterocycles. The van der Waals surface area contributed by atoms with Crippen LogP contribution < -0.4 is 9.62 Å². The van der Waals surface area contributed by atoms with Crippen LogP contribution in [0.1, 0.15) is 30.0 Å². The molecule has 0 aliphatic carbocycles. The van der Waals surface area contributed by atoms with Gasteiger partial charge in [0.15, 0.2) is 0 Å². The molecule has 27 heavy (non-hydrogen) atoms. The predicted molar refractivity (Wildman–Crippen MR) is 107 cm³/mol. The maximum atomic E-state index is 13.2. The first-order valence-electron chi connectivity index (χ1n) is 8.68. The van der Waals surface area contributed by atoms with Crippen molar-refractivity contribution in [2.75, 3.05) is 15.9 Å². The zero-order valence-electron chi connectivity index (χ0n) is 16.2. The van der Waals surface area contributed by atoms with Crippen LogP contribution in [-0.4, -0.2) is 26.6 Å². The molecule has 0 saturated heterocycles. The van der Waals surface area contributed by atoms with Crippen LogP contribution in [-0.2, 0) is 14.8 Å². The molecule has 0 unspecified atom stereocenters. The highest BCUT2D eigenvalue weighted by Gasteiger charge is 2.32. The van der Waals surface area contributed by atoms with Gasteiger partial charge in [0.2, 0.25) is 15.9 Å². The summed E-state index contributed by atoms with van der Waals surface area (Å²) in [7, 11) is -3.76. The van der Waals surface area contributed by atoms with E-state index in [2.05, 4.69) is 5.32 Å². The molecule has 7 heteroatoms. The number of amides is 1. The normalized spacial score (nSPS) is 12.5. The molecule has 5 nitrogen and oxygen atoms in total. The lowest BCUT2D eigenvalue weighted by atomic mass is 10.0. The lowest BCUT2D eigenvalue weighted by molar-refractivity contribution is -0.117. The Hall–Kier alpha value is -2.41. The van der Waals surface area contributed by atoms with E-state index in [1.54, 1.807) is 6.92 Å². The monoisotopic (exact) mass is 392 g/mol. The fourth-order valence-corrected chi connectivity index (χ4v) is 4.44. The molecule has 0 radical (unpaired) electrons. The summed E-state index contributed by atoms with van der Waals surface area (Å²) in [4.78, 5) is 13.0. The van der Waals surface area contributed by atoms with Crippen molar-refractivity contribution in [3.63, 3.8) is 0 Å². The van der Waals surface area contributed by atoms with E-state index in [9.17, 15) is 17.6 Å². The van der Waals surface area contributed by atoms with Crippen LogP contribution in [0.3, 0.4) is 0 Å². The average Bonchev–Trinajstić information content (AvgIpc) is 2.55. The third kappa shape index (κ3) is 4.86. The van der Waals surface area contributed by atoms with Crippen molar-refractivity contribution in [1.29, 1.82) is 0 Å². The maximum Gasteiger partial charge on any atom is 0.248 e. The molecule has 0 bridgehead atoms. The molecule has 0 aliphatic heterocycles. The van der Waals surface area contributed by atoms with Gasteiger partial charge < -0.3 is 5.32 Å². The number of anilines is 2. The average molecular weight is 392 g/mol. The van der Waals surface area contributed by atoms with Crippen LogP contribution in [0.4, 0.5) is 15.8 Å². The zero-order chi connectivity index (χ0) is 20.4. The van der Waals surface area contributed by atoms with E-state index in [-0.39, 0.29) is 12.1 Å². The Kier molecular flexibility index (Phi) is 6.26. The van der Waals surface area contributed by atoms with E-state index in [1.807, 2.05) is 32.9 Å². The number of carbonyl (C=O) groups excluding carboxylic acids is 1. The molecular weight excluding hydrogens is 367 g/mol. The molecular formula is C20H25FN2O3S. The first-order valence-corrected chi connectivity index (χ1v) is 10.5. The molecule has 0 heterocycles. The molecule has 0 fully saturated rings. The molecule has 0 aliphatic rings. The van der Waals surface area contributed by atoms with Gasteiger partial charge >= 0.3 is 0 Å². The molecule has 146 valence electrons. The molecule has 0 saturated carbocycles. The fraction of sp³-hybridized carbons (Fsp3) is 0.350. The number of hydrogen-bond acceptors (Lipinski definition) is 3. The number of sulfonamides is 1. The summed E-state index contributed by atoms with van der Waals surface area (Å²) in [5.41, 5.74) is 3.82. The van der Waals surface area contributed by atoms with Gasteiger partial charge in [0.25, 0.3) is 0 Å². The SMILES string of the molecule is CC[C@@H](C(=O)Nc1c(C)cc(C)cc1C)N(c1ccc(F)cc1)S(C)(=O)=O. The van der Waals surface area contributed by atoms with E-state index in [4.69, 9.17) is 0 Å². The van der Waals surface area contributed by atoms with Crippen molar-refractivity contribution in [1.82, 2.24) is 0 Å². The minimum Gasteiger partial charge on any atom is -0.324 e. The van der Waals surface area contributed by atoms with Crippen molar-refractivity contribution >= 4 is 27.3 Å². The lowest BCUT2D eigenvalue weighted by Gasteiger charge is -2.30. The zero-order valence-corrected chi connectivity index (χ0v) is 17.0. The molecule has 1 amide bonds. The highest BCUT2D eigenvalue weighted by molar-refractivity contribution is 7.92.